The SMILES string of the molecule is CC(=NC1CC(C(=O)O)C1)NC(=O)OC(C)(C)C. The monoisotopic (exact) mass is 256 g/mol. The summed E-state index contributed by atoms with van der Waals surface area (Å²) in [5.74, 6) is -0.620. The first-order chi connectivity index (χ1) is 8.17. The van der Waals surface area contributed by atoms with Crippen molar-refractivity contribution in [2.45, 2.75) is 52.2 Å². The van der Waals surface area contributed by atoms with E-state index in [0.29, 0.717) is 18.7 Å². The van der Waals surface area contributed by atoms with Crippen LogP contribution in [-0.4, -0.2) is 34.6 Å². The van der Waals surface area contributed by atoms with Crippen LogP contribution in [-0.2, 0) is 9.53 Å². The fourth-order valence-electron chi connectivity index (χ4n) is 1.65. The predicted octanol–water partition coefficient (Wildman–Crippen LogP) is 1.79. The minimum Gasteiger partial charge on any atom is -0.481 e. The van der Waals surface area contributed by atoms with Crippen LogP contribution in [0.5, 0.6) is 0 Å². The van der Waals surface area contributed by atoms with Gasteiger partial charge in [-0.2, -0.15) is 0 Å². The molecule has 0 aliphatic heterocycles. The van der Waals surface area contributed by atoms with Crippen molar-refractivity contribution in [1.29, 1.82) is 0 Å². The number of alkyl carbamates (subject to hydrolysis) is 1. The number of carbonyl (C=O) groups is 2. The second kappa shape index (κ2) is 5.37. The number of nitrogens with one attached hydrogen (secondary N) is 1. The van der Waals surface area contributed by atoms with Crippen molar-refractivity contribution in [2.75, 3.05) is 0 Å². The summed E-state index contributed by atoms with van der Waals surface area (Å²) >= 11 is 0. The molecule has 0 aromatic carbocycles. The molecule has 6 nitrogen and oxygen atoms in total. The molecule has 1 fully saturated rings. The lowest BCUT2D eigenvalue weighted by molar-refractivity contribution is -0.145. The second-order valence-corrected chi connectivity index (χ2v) is 5.50. The highest BCUT2D eigenvalue weighted by molar-refractivity contribution is 5.94. The summed E-state index contributed by atoms with van der Waals surface area (Å²) < 4.78 is 5.08. The van der Waals surface area contributed by atoms with Crippen LogP contribution < -0.4 is 5.32 Å². The third-order valence-electron chi connectivity index (χ3n) is 2.52. The van der Waals surface area contributed by atoms with Crippen LogP contribution in [0.3, 0.4) is 0 Å². The molecule has 102 valence electrons. The van der Waals surface area contributed by atoms with E-state index >= 15 is 0 Å². The Balaban J connectivity index is 2.35. The molecular formula is C12H20N2O4. The number of rotatable bonds is 2. The molecule has 0 spiro atoms. The Kier molecular flexibility index (Phi) is 4.32. The van der Waals surface area contributed by atoms with Gasteiger partial charge in [0.1, 0.15) is 11.4 Å². The highest BCUT2D eigenvalue weighted by Gasteiger charge is 2.34. The van der Waals surface area contributed by atoms with Gasteiger partial charge < -0.3 is 9.84 Å². The Morgan fingerprint density at radius 1 is 1.33 bits per heavy atom. The highest BCUT2D eigenvalue weighted by atomic mass is 16.6. The van der Waals surface area contributed by atoms with E-state index in [4.69, 9.17) is 9.84 Å². The molecule has 0 bridgehead atoms. The van der Waals surface area contributed by atoms with E-state index in [1.807, 2.05) is 0 Å². The maximum Gasteiger partial charge on any atom is 0.413 e. The maximum absolute atomic E-state index is 11.4. The summed E-state index contributed by atoms with van der Waals surface area (Å²) in [5, 5.41) is 11.2. The zero-order valence-corrected chi connectivity index (χ0v) is 11.2. The maximum atomic E-state index is 11.4. The van der Waals surface area contributed by atoms with Gasteiger partial charge in [-0.25, -0.2) is 4.79 Å². The second-order valence-electron chi connectivity index (χ2n) is 5.50. The van der Waals surface area contributed by atoms with Gasteiger partial charge in [0.05, 0.1) is 12.0 Å². The Labute approximate surface area is 106 Å². The van der Waals surface area contributed by atoms with Crippen LogP contribution in [0.15, 0.2) is 4.99 Å². The molecule has 0 unspecified atom stereocenters. The van der Waals surface area contributed by atoms with Crippen molar-refractivity contribution in [3.63, 3.8) is 0 Å². The number of ether oxygens (including phenoxy) is 1. The van der Waals surface area contributed by atoms with Gasteiger partial charge >= 0.3 is 12.1 Å². The third kappa shape index (κ3) is 4.73. The molecule has 1 rings (SSSR count). The molecule has 1 aliphatic rings. The zero-order valence-electron chi connectivity index (χ0n) is 11.2. The Morgan fingerprint density at radius 3 is 2.33 bits per heavy atom. The van der Waals surface area contributed by atoms with Gasteiger partial charge in [-0.05, 0) is 40.5 Å². The first kappa shape index (κ1) is 14.5. The lowest BCUT2D eigenvalue weighted by Crippen LogP contribution is -2.38. The number of amides is 1. The van der Waals surface area contributed by atoms with Crippen LogP contribution in [0.4, 0.5) is 4.79 Å². The molecule has 2 N–H and O–H groups in total. The molecule has 0 aromatic rings. The summed E-state index contributed by atoms with van der Waals surface area (Å²) in [7, 11) is 0. The van der Waals surface area contributed by atoms with Crippen molar-refractivity contribution in [2.24, 2.45) is 10.9 Å². The number of carboxylic acids is 1. The van der Waals surface area contributed by atoms with Crippen molar-refractivity contribution >= 4 is 17.9 Å². The van der Waals surface area contributed by atoms with Gasteiger partial charge in [0.15, 0.2) is 0 Å². The van der Waals surface area contributed by atoms with Crippen molar-refractivity contribution in [1.82, 2.24) is 5.32 Å². The van der Waals surface area contributed by atoms with E-state index in [9.17, 15) is 9.59 Å². The smallest absolute Gasteiger partial charge is 0.413 e. The number of aliphatic imine (C=N–C) groups is 1. The quantitative estimate of drug-likeness (QED) is 0.582. The summed E-state index contributed by atoms with van der Waals surface area (Å²) in [4.78, 5) is 26.3. The molecule has 0 saturated heterocycles. The van der Waals surface area contributed by atoms with E-state index in [1.165, 1.54) is 0 Å². The minimum absolute atomic E-state index is 0.0129. The number of aliphatic carboxylic acids is 1. The molecule has 0 atom stereocenters. The van der Waals surface area contributed by atoms with E-state index in [-0.39, 0.29) is 12.0 Å². The Bertz CT molecular complexity index is 365. The largest absolute Gasteiger partial charge is 0.481 e. The molecule has 1 amide bonds. The number of carboxylic acid groups (broad SMARTS) is 1. The van der Waals surface area contributed by atoms with Crippen molar-refractivity contribution in [3.8, 4) is 0 Å². The summed E-state index contributed by atoms with van der Waals surface area (Å²) in [5.41, 5.74) is -0.546. The molecular weight excluding hydrogens is 236 g/mol. The van der Waals surface area contributed by atoms with E-state index < -0.39 is 17.7 Å². The number of amidine groups is 1. The number of carbonyl (C=O) groups excluding carboxylic acids is 1. The normalized spacial score (nSPS) is 24.1. The lowest BCUT2D eigenvalue weighted by atomic mass is 9.81. The van der Waals surface area contributed by atoms with Crippen LogP contribution in [0.1, 0.15) is 40.5 Å². The predicted molar refractivity (Wildman–Crippen MR) is 66.6 cm³/mol. The van der Waals surface area contributed by atoms with E-state index in [1.54, 1.807) is 27.7 Å². The summed E-state index contributed by atoms with van der Waals surface area (Å²) in [6, 6.07) is -0.0129. The van der Waals surface area contributed by atoms with Crippen LogP contribution in [0.25, 0.3) is 0 Å². The number of hydrogen-bond acceptors (Lipinski definition) is 4. The van der Waals surface area contributed by atoms with Crippen LogP contribution in [0.2, 0.25) is 0 Å². The van der Waals surface area contributed by atoms with E-state index in [2.05, 4.69) is 10.3 Å². The first-order valence-corrected chi connectivity index (χ1v) is 5.94. The summed E-state index contributed by atoms with van der Waals surface area (Å²) in [6.45, 7) is 7.01. The van der Waals surface area contributed by atoms with Crippen LogP contribution in [0, 0.1) is 5.92 Å². The molecule has 0 radical (unpaired) electrons. The number of nitrogens with zero attached hydrogens (tertiary/aromatic N) is 1. The molecule has 0 heterocycles. The zero-order chi connectivity index (χ0) is 13.9. The summed E-state index contributed by atoms with van der Waals surface area (Å²) in [6.07, 6.45) is 0.517. The molecule has 1 saturated carbocycles. The van der Waals surface area contributed by atoms with Gasteiger partial charge in [-0.15, -0.1) is 0 Å². The molecule has 6 heteroatoms. The van der Waals surface area contributed by atoms with Crippen molar-refractivity contribution in [3.05, 3.63) is 0 Å². The Hall–Kier alpha value is -1.59. The van der Waals surface area contributed by atoms with Crippen molar-refractivity contribution < 1.29 is 19.4 Å². The topological polar surface area (TPSA) is 88.0 Å². The highest BCUT2D eigenvalue weighted by Crippen LogP contribution is 2.30. The van der Waals surface area contributed by atoms with Gasteiger partial charge in [0.25, 0.3) is 0 Å². The van der Waals surface area contributed by atoms with Crippen LogP contribution >= 0.6 is 0 Å². The Morgan fingerprint density at radius 2 is 1.89 bits per heavy atom. The first-order valence-electron chi connectivity index (χ1n) is 5.94. The third-order valence-corrected chi connectivity index (χ3v) is 2.52. The lowest BCUT2D eigenvalue weighted by Gasteiger charge is -2.29. The number of hydrogen-bond donors (Lipinski definition) is 2. The minimum atomic E-state index is -0.779. The molecule has 1 aliphatic carbocycles. The van der Waals surface area contributed by atoms with Gasteiger partial charge in [-0.1, -0.05) is 0 Å². The molecule has 0 aromatic heterocycles. The fraction of sp³-hybridized carbons (Fsp3) is 0.750. The standard InChI is InChI=1S/C12H20N2O4/c1-7(14-11(17)18-12(2,3)4)13-9-5-8(6-9)10(15)16/h8-9H,5-6H2,1-4H3,(H,15,16)(H,13,14,17). The average molecular weight is 256 g/mol. The van der Waals surface area contributed by atoms with Gasteiger partial charge in [0, 0.05) is 0 Å². The van der Waals surface area contributed by atoms with Gasteiger partial charge in [-0.3, -0.25) is 15.1 Å². The average Bonchev–Trinajstić information content (AvgIpc) is 2.05. The fourth-order valence-corrected chi connectivity index (χ4v) is 1.65. The van der Waals surface area contributed by atoms with Gasteiger partial charge in [0.2, 0.25) is 0 Å². The van der Waals surface area contributed by atoms with E-state index in [0.717, 1.165) is 0 Å². The molecule has 18 heavy (non-hydrogen) atoms.